The van der Waals surface area contributed by atoms with Gasteiger partial charge in [0, 0.05) is 25.1 Å². The molecule has 5 nitrogen and oxygen atoms in total. The minimum absolute atomic E-state index is 0.0803. The van der Waals surface area contributed by atoms with Crippen LogP contribution in [0.2, 0.25) is 0 Å². The zero-order chi connectivity index (χ0) is 17.8. The van der Waals surface area contributed by atoms with Crippen molar-refractivity contribution in [2.75, 3.05) is 25.0 Å². The highest BCUT2D eigenvalue weighted by atomic mass is 16.5. The van der Waals surface area contributed by atoms with E-state index in [0.717, 1.165) is 17.7 Å². The van der Waals surface area contributed by atoms with Gasteiger partial charge in [-0.2, -0.15) is 0 Å². The third kappa shape index (κ3) is 3.50. The molecule has 0 aliphatic carbocycles. The molecule has 0 bridgehead atoms. The number of hydrogen-bond donors (Lipinski definition) is 1. The second kappa shape index (κ2) is 7.38. The summed E-state index contributed by atoms with van der Waals surface area (Å²) in [6.45, 7) is 5.79. The summed E-state index contributed by atoms with van der Waals surface area (Å²) in [6, 6.07) is 12.5. The topological polar surface area (TPSA) is 58.6 Å². The molecule has 3 rings (SSSR count). The third-order valence-corrected chi connectivity index (χ3v) is 4.41. The number of anilines is 1. The highest BCUT2D eigenvalue weighted by Crippen LogP contribution is 2.26. The van der Waals surface area contributed by atoms with E-state index < -0.39 is 0 Å². The first-order valence-electron chi connectivity index (χ1n) is 8.59. The van der Waals surface area contributed by atoms with Crippen LogP contribution in [-0.4, -0.2) is 36.4 Å². The molecule has 130 valence electrons. The van der Waals surface area contributed by atoms with Crippen molar-refractivity contribution >= 4 is 17.5 Å². The van der Waals surface area contributed by atoms with Crippen molar-refractivity contribution in [3.05, 3.63) is 59.2 Å². The second-order valence-electron chi connectivity index (χ2n) is 5.90. The van der Waals surface area contributed by atoms with E-state index in [1.54, 1.807) is 29.2 Å². The number of rotatable bonds is 5. The highest BCUT2D eigenvalue weighted by Gasteiger charge is 2.19. The maximum Gasteiger partial charge on any atom is 0.255 e. The number of nitrogens with zero attached hydrogens (tertiary/aromatic N) is 1. The van der Waals surface area contributed by atoms with Crippen LogP contribution >= 0.6 is 0 Å². The predicted octanol–water partition coefficient (Wildman–Crippen LogP) is 3.36. The number of carbonyl (C=O) groups excluding carboxylic acids is 2. The lowest BCUT2D eigenvalue weighted by molar-refractivity contribution is 0.0774. The summed E-state index contributed by atoms with van der Waals surface area (Å²) in [5.74, 6) is 0.534. The van der Waals surface area contributed by atoms with Crippen LogP contribution in [0.1, 0.15) is 40.1 Å². The fraction of sp³-hybridized carbons (Fsp3) is 0.300. The molecule has 1 aliphatic heterocycles. The van der Waals surface area contributed by atoms with Crippen LogP contribution in [0.3, 0.4) is 0 Å². The third-order valence-electron chi connectivity index (χ3n) is 4.41. The zero-order valence-electron chi connectivity index (χ0n) is 14.5. The summed E-state index contributed by atoms with van der Waals surface area (Å²) in [7, 11) is 0. The van der Waals surface area contributed by atoms with Crippen LogP contribution < -0.4 is 10.1 Å². The van der Waals surface area contributed by atoms with Crippen LogP contribution in [0.15, 0.2) is 42.5 Å². The van der Waals surface area contributed by atoms with Crippen LogP contribution in [-0.2, 0) is 6.42 Å². The summed E-state index contributed by atoms with van der Waals surface area (Å²) in [4.78, 5) is 27.0. The maximum absolute atomic E-state index is 12.7. The van der Waals surface area contributed by atoms with Gasteiger partial charge in [-0.25, -0.2) is 0 Å². The zero-order valence-corrected chi connectivity index (χ0v) is 14.5. The molecule has 0 atom stereocenters. The Morgan fingerprint density at radius 1 is 1.12 bits per heavy atom. The Balaban J connectivity index is 1.83. The van der Waals surface area contributed by atoms with Gasteiger partial charge in [0.2, 0.25) is 0 Å². The predicted molar refractivity (Wildman–Crippen MR) is 97.3 cm³/mol. The van der Waals surface area contributed by atoms with Gasteiger partial charge in [-0.1, -0.05) is 12.1 Å². The minimum atomic E-state index is -0.227. The molecule has 2 aromatic rings. The van der Waals surface area contributed by atoms with Gasteiger partial charge in [0.15, 0.2) is 0 Å². The molecule has 0 fully saturated rings. The molecule has 1 heterocycles. The van der Waals surface area contributed by atoms with Crippen molar-refractivity contribution in [1.82, 2.24) is 4.90 Å². The van der Waals surface area contributed by atoms with E-state index in [1.165, 1.54) is 0 Å². The van der Waals surface area contributed by atoms with Crippen molar-refractivity contribution in [2.45, 2.75) is 20.3 Å². The van der Waals surface area contributed by atoms with Gasteiger partial charge in [-0.05, 0) is 49.7 Å². The standard InChI is InChI=1S/C20H22N2O3/c1-3-22(4-2)20(24)16-7-5-6-8-17(16)21-19(23)15-9-10-18-14(13-15)11-12-25-18/h5-10,13H,3-4,11-12H2,1-2H3,(H,21,23). The molecule has 0 saturated heterocycles. The van der Waals surface area contributed by atoms with Crippen LogP contribution in [0.5, 0.6) is 5.75 Å². The molecule has 1 N–H and O–H groups in total. The summed E-state index contributed by atoms with van der Waals surface area (Å²) in [6.07, 6.45) is 0.813. The molecule has 5 heteroatoms. The number of benzene rings is 2. The van der Waals surface area contributed by atoms with Crippen molar-refractivity contribution in [1.29, 1.82) is 0 Å². The van der Waals surface area contributed by atoms with E-state index in [4.69, 9.17) is 4.74 Å². The average molecular weight is 338 g/mol. The van der Waals surface area contributed by atoms with E-state index in [-0.39, 0.29) is 11.8 Å². The van der Waals surface area contributed by atoms with Crippen LogP contribution in [0, 0.1) is 0 Å². The SMILES string of the molecule is CCN(CC)C(=O)c1ccccc1NC(=O)c1ccc2c(c1)CCO2. The smallest absolute Gasteiger partial charge is 0.255 e. The lowest BCUT2D eigenvalue weighted by Crippen LogP contribution is -2.31. The van der Waals surface area contributed by atoms with Crippen molar-refractivity contribution < 1.29 is 14.3 Å². The molecule has 2 aromatic carbocycles. The summed E-state index contributed by atoms with van der Waals surface area (Å²) in [5.41, 5.74) is 2.64. The Morgan fingerprint density at radius 3 is 2.64 bits per heavy atom. The number of hydrogen-bond acceptors (Lipinski definition) is 3. The van der Waals surface area contributed by atoms with E-state index in [1.807, 2.05) is 32.0 Å². The number of ether oxygens (including phenoxy) is 1. The molecular weight excluding hydrogens is 316 g/mol. The van der Waals surface area contributed by atoms with Gasteiger partial charge in [0.1, 0.15) is 5.75 Å². The number of para-hydroxylation sites is 1. The Morgan fingerprint density at radius 2 is 1.88 bits per heavy atom. The Bertz CT molecular complexity index is 797. The first-order valence-corrected chi connectivity index (χ1v) is 8.59. The van der Waals surface area contributed by atoms with E-state index >= 15 is 0 Å². The number of nitrogens with one attached hydrogen (secondary N) is 1. The van der Waals surface area contributed by atoms with E-state index in [9.17, 15) is 9.59 Å². The van der Waals surface area contributed by atoms with Crippen LogP contribution in [0.25, 0.3) is 0 Å². The Kier molecular flexibility index (Phi) is 5.03. The Labute approximate surface area is 147 Å². The second-order valence-corrected chi connectivity index (χ2v) is 5.90. The molecule has 25 heavy (non-hydrogen) atoms. The van der Waals surface area contributed by atoms with Crippen molar-refractivity contribution in [3.63, 3.8) is 0 Å². The summed E-state index contributed by atoms with van der Waals surface area (Å²) in [5, 5.41) is 2.87. The summed E-state index contributed by atoms with van der Waals surface area (Å²) < 4.78 is 5.47. The normalized spacial score (nSPS) is 12.2. The van der Waals surface area contributed by atoms with E-state index in [2.05, 4.69) is 5.32 Å². The fourth-order valence-corrected chi connectivity index (χ4v) is 2.98. The van der Waals surface area contributed by atoms with Gasteiger partial charge < -0.3 is 15.0 Å². The molecule has 0 unspecified atom stereocenters. The first-order chi connectivity index (χ1) is 12.1. The lowest BCUT2D eigenvalue weighted by atomic mass is 10.1. The summed E-state index contributed by atoms with van der Waals surface area (Å²) >= 11 is 0. The highest BCUT2D eigenvalue weighted by molar-refractivity contribution is 6.09. The number of carbonyl (C=O) groups is 2. The fourth-order valence-electron chi connectivity index (χ4n) is 2.98. The van der Waals surface area contributed by atoms with Crippen molar-refractivity contribution in [3.8, 4) is 5.75 Å². The van der Waals surface area contributed by atoms with Gasteiger partial charge in [-0.3, -0.25) is 9.59 Å². The largest absolute Gasteiger partial charge is 0.493 e. The van der Waals surface area contributed by atoms with Crippen molar-refractivity contribution in [2.24, 2.45) is 0 Å². The number of amides is 2. The monoisotopic (exact) mass is 338 g/mol. The van der Waals surface area contributed by atoms with Crippen LogP contribution in [0.4, 0.5) is 5.69 Å². The molecule has 2 amide bonds. The van der Waals surface area contributed by atoms with Gasteiger partial charge in [0.25, 0.3) is 11.8 Å². The maximum atomic E-state index is 12.7. The molecule has 0 aromatic heterocycles. The Hall–Kier alpha value is -2.82. The number of fused-ring (bicyclic) bond motifs is 1. The lowest BCUT2D eigenvalue weighted by Gasteiger charge is -2.20. The molecular formula is C20H22N2O3. The van der Waals surface area contributed by atoms with E-state index in [0.29, 0.717) is 36.5 Å². The molecule has 0 saturated carbocycles. The molecule has 1 aliphatic rings. The quantitative estimate of drug-likeness (QED) is 0.909. The molecule has 0 radical (unpaired) electrons. The minimum Gasteiger partial charge on any atom is -0.493 e. The molecule has 0 spiro atoms. The first kappa shape index (κ1) is 17.0. The van der Waals surface area contributed by atoms with Gasteiger partial charge in [0.05, 0.1) is 17.9 Å². The average Bonchev–Trinajstić information content (AvgIpc) is 3.10. The van der Waals surface area contributed by atoms with Gasteiger partial charge >= 0.3 is 0 Å². The van der Waals surface area contributed by atoms with Gasteiger partial charge in [-0.15, -0.1) is 0 Å².